The van der Waals surface area contributed by atoms with Crippen LogP contribution in [-0.2, 0) is 0 Å². The molecule has 0 bridgehead atoms. The van der Waals surface area contributed by atoms with Crippen LogP contribution in [0.1, 0.15) is 32.9 Å². The Hall–Kier alpha value is -1.94. The lowest BCUT2D eigenvalue weighted by atomic mass is 9.93. The zero-order valence-electron chi connectivity index (χ0n) is 14.3. The standard InChI is InChI=1S/C19H25FN2O/c1-13(11-19(3,4)21)12-23-18-6-5-15(10-17(18)20)16-7-8-22-14(2)9-16/h5-10,13H,11-12,21H2,1-4H3/t13-/m0/s1. The summed E-state index contributed by atoms with van der Waals surface area (Å²) in [5, 5.41) is 0. The van der Waals surface area contributed by atoms with Crippen LogP contribution in [-0.4, -0.2) is 17.1 Å². The summed E-state index contributed by atoms with van der Waals surface area (Å²) >= 11 is 0. The Labute approximate surface area is 137 Å². The zero-order chi connectivity index (χ0) is 17.0. The summed E-state index contributed by atoms with van der Waals surface area (Å²) in [5.41, 5.74) is 8.42. The second kappa shape index (κ2) is 7.09. The van der Waals surface area contributed by atoms with Crippen molar-refractivity contribution in [2.45, 2.75) is 39.7 Å². The lowest BCUT2D eigenvalue weighted by Crippen LogP contribution is -2.35. The summed E-state index contributed by atoms with van der Waals surface area (Å²) in [5.74, 6) is 0.189. The molecule has 2 aromatic rings. The number of benzene rings is 1. The number of ether oxygens (including phenoxy) is 1. The number of pyridine rings is 1. The molecule has 0 radical (unpaired) electrons. The molecule has 1 heterocycles. The molecular weight excluding hydrogens is 291 g/mol. The van der Waals surface area contributed by atoms with Crippen LogP contribution >= 0.6 is 0 Å². The van der Waals surface area contributed by atoms with Crippen LogP contribution in [0.5, 0.6) is 5.75 Å². The molecule has 0 amide bonds. The van der Waals surface area contributed by atoms with Gasteiger partial charge >= 0.3 is 0 Å². The Bertz CT molecular complexity index is 665. The minimum atomic E-state index is -0.351. The SMILES string of the molecule is Cc1cc(-c2ccc(OC[C@@H](C)CC(C)(C)N)c(F)c2)ccn1. The number of aromatic nitrogens is 1. The van der Waals surface area contributed by atoms with Gasteiger partial charge in [0.1, 0.15) is 0 Å². The van der Waals surface area contributed by atoms with E-state index in [9.17, 15) is 4.39 Å². The molecule has 0 aliphatic rings. The van der Waals surface area contributed by atoms with E-state index in [4.69, 9.17) is 10.5 Å². The second-order valence-corrected chi connectivity index (χ2v) is 6.94. The minimum absolute atomic E-state index is 0.246. The average Bonchev–Trinajstić information content (AvgIpc) is 2.44. The molecule has 0 spiro atoms. The van der Waals surface area contributed by atoms with Gasteiger partial charge < -0.3 is 10.5 Å². The highest BCUT2D eigenvalue weighted by molar-refractivity contribution is 5.64. The van der Waals surface area contributed by atoms with Gasteiger partial charge in [0, 0.05) is 17.4 Å². The van der Waals surface area contributed by atoms with Gasteiger partial charge in [0.15, 0.2) is 11.6 Å². The van der Waals surface area contributed by atoms with E-state index in [0.717, 1.165) is 23.2 Å². The lowest BCUT2D eigenvalue weighted by Gasteiger charge is -2.23. The van der Waals surface area contributed by atoms with E-state index >= 15 is 0 Å². The van der Waals surface area contributed by atoms with Crippen molar-refractivity contribution in [3.05, 3.63) is 48.0 Å². The molecule has 2 N–H and O–H groups in total. The predicted molar refractivity (Wildman–Crippen MR) is 91.9 cm³/mol. The van der Waals surface area contributed by atoms with Crippen molar-refractivity contribution in [2.75, 3.05) is 6.61 Å². The van der Waals surface area contributed by atoms with E-state index in [2.05, 4.69) is 11.9 Å². The van der Waals surface area contributed by atoms with Gasteiger partial charge in [-0.3, -0.25) is 4.98 Å². The highest BCUT2D eigenvalue weighted by atomic mass is 19.1. The second-order valence-electron chi connectivity index (χ2n) is 6.94. The van der Waals surface area contributed by atoms with Crippen molar-refractivity contribution < 1.29 is 9.13 Å². The molecule has 0 aliphatic carbocycles. The first-order valence-electron chi connectivity index (χ1n) is 7.89. The minimum Gasteiger partial charge on any atom is -0.490 e. The average molecular weight is 316 g/mol. The summed E-state index contributed by atoms with van der Waals surface area (Å²) in [7, 11) is 0. The molecule has 124 valence electrons. The van der Waals surface area contributed by atoms with E-state index in [1.165, 1.54) is 6.07 Å². The Morgan fingerprint density at radius 3 is 2.52 bits per heavy atom. The molecule has 0 aliphatic heterocycles. The number of nitrogens with zero attached hydrogens (tertiary/aromatic N) is 1. The van der Waals surface area contributed by atoms with E-state index in [0.29, 0.717) is 6.61 Å². The third kappa shape index (κ3) is 5.32. The summed E-state index contributed by atoms with van der Waals surface area (Å²) in [4.78, 5) is 4.15. The predicted octanol–water partition coefficient (Wildman–Crippen LogP) is 4.34. The van der Waals surface area contributed by atoms with Crippen LogP contribution in [0.4, 0.5) is 4.39 Å². The Kier molecular flexibility index (Phi) is 5.37. The maximum atomic E-state index is 14.3. The van der Waals surface area contributed by atoms with Crippen molar-refractivity contribution >= 4 is 0 Å². The molecule has 0 saturated carbocycles. The molecule has 4 heteroatoms. The largest absolute Gasteiger partial charge is 0.490 e. The first-order chi connectivity index (χ1) is 10.7. The van der Waals surface area contributed by atoms with E-state index in [1.807, 2.05) is 39.0 Å². The van der Waals surface area contributed by atoms with Gasteiger partial charge in [0.05, 0.1) is 6.61 Å². The highest BCUT2D eigenvalue weighted by Gasteiger charge is 2.16. The maximum absolute atomic E-state index is 14.3. The Morgan fingerprint density at radius 1 is 1.22 bits per heavy atom. The van der Waals surface area contributed by atoms with Crippen LogP contribution in [0, 0.1) is 18.7 Å². The van der Waals surface area contributed by atoms with Gasteiger partial charge in [0.2, 0.25) is 0 Å². The monoisotopic (exact) mass is 316 g/mol. The van der Waals surface area contributed by atoms with Crippen LogP contribution in [0.3, 0.4) is 0 Å². The van der Waals surface area contributed by atoms with Crippen molar-refractivity contribution in [1.82, 2.24) is 4.98 Å². The van der Waals surface area contributed by atoms with Crippen molar-refractivity contribution in [2.24, 2.45) is 11.7 Å². The van der Waals surface area contributed by atoms with Crippen LogP contribution in [0.25, 0.3) is 11.1 Å². The van der Waals surface area contributed by atoms with Gasteiger partial charge in [-0.15, -0.1) is 0 Å². The van der Waals surface area contributed by atoms with E-state index < -0.39 is 0 Å². The maximum Gasteiger partial charge on any atom is 0.165 e. The van der Waals surface area contributed by atoms with Gasteiger partial charge in [-0.1, -0.05) is 13.0 Å². The zero-order valence-corrected chi connectivity index (χ0v) is 14.3. The molecule has 23 heavy (non-hydrogen) atoms. The van der Waals surface area contributed by atoms with E-state index in [1.54, 1.807) is 12.3 Å². The van der Waals surface area contributed by atoms with Crippen molar-refractivity contribution in [3.8, 4) is 16.9 Å². The summed E-state index contributed by atoms with van der Waals surface area (Å²) in [6.07, 6.45) is 2.55. The number of rotatable bonds is 6. The van der Waals surface area contributed by atoms with Gasteiger partial charge in [-0.2, -0.15) is 0 Å². The molecule has 0 unspecified atom stereocenters. The molecule has 1 aromatic heterocycles. The number of nitrogens with two attached hydrogens (primary N) is 1. The fraction of sp³-hybridized carbons (Fsp3) is 0.421. The molecule has 1 atom stereocenters. The Morgan fingerprint density at radius 2 is 1.91 bits per heavy atom. The molecule has 3 nitrogen and oxygen atoms in total. The van der Waals surface area contributed by atoms with Gasteiger partial charge in [-0.25, -0.2) is 4.39 Å². The normalized spacial score (nSPS) is 13.0. The third-order valence-corrected chi connectivity index (χ3v) is 3.56. The molecule has 0 fully saturated rings. The number of hydrogen-bond acceptors (Lipinski definition) is 3. The molecule has 0 saturated heterocycles. The number of aryl methyl sites for hydroxylation is 1. The molecular formula is C19H25FN2O. The topological polar surface area (TPSA) is 48.1 Å². The van der Waals surface area contributed by atoms with Crippen LogP contribution in [0.2, 0.25) is 0 Å². The van der Waals surface area contributed by atoms with Crippen molar-refractivity contribution in [3.63, 3.8) is 0 Å². The van der Waals surface area contributed by atoms with Crippen molar-refractivity contribution in [1.29, 1.82) is 0 Å². The fourth-order valence-corrected chi connectivity index (χ4v) is 2.71. The first-order valence-corrected chi connectivity index (χ1v) is 7.89. The first kappa shape index (κ1) is 17.4. The van der Waals surface area contributed by atoms with E-state index in [-0.39, 0.29) is 23.0 Å². The Balaban J connectivity index is 2.05. The summed E-state index contributed by atoms with van der Waals surface area (Å²) in [6, 6.07) is 8.85. The fourth-order valence-electron chi connectivity index (χ4n) is 2.71. The quantitative estimate of drug-likeness (QED) is 0.862. The van der Waals surface area contributed by atoms with Crippen LogP contribution < -0.4 is 10.5 Å². The van der Waals surface area contributed by atoms with Gasteiger partial charge in [-0.05, 0) is 68.5 Å². The highest BCUT2D eigenvalue weighted by Crippen LogP contribution is 2.26. The summed E-state index contributed by atoms with van der Waals surface area (Å²) < 4.78 is 19.9. The van der Waals surface area contributed by atoms with Crippen LogP contribution in [0.15, 0.2) is 36.5 Å². The molecule has 2 rings (SSSR count). The number of hydrogen-bond donors (Lipinski definition) is 1. The third-order valence-electron chi connectivity index (χ3n) is 3.56. The smallest absolute Gasteiger partial charge is 0.165 e. The lowest BCUT2D eigenvalue weighted by molar-refractivity contribution is 0.222. The molecule has 1 aromatic carbocycles. The van der Waals surface area contributed by atoms with Gasteiger partial charge in [0.25, 0.3) is 0 Å². The summed E-state index contributed by atoms with van der Waals surface area (Å²) in [6.45, 7) is 8.38. The number of halogens is 1.